The number of benzene rings is 1. The summed E-state index contributed by atoms with van der Waals surface area (Å²) in [5.74, 6) is 0.0703. The Morgan fingerprint density at radius 2 is 2.00 bits per heavy atom. The van der Waals surface area contributed by atoms with Crippen molar-refractivity contribution in [2.45, 2.75) is 19.1 Å². The molecule has 0 N–H and O–H groups in total. The molecule has 0 saturated carbocycles. The summed E-state index contributed by atoms with van der Waals surface area (Å²) in [4.78, 5) is 0. The van der Waals surface area contributed by atoms with Crippen LogP contribution in [0.4, 0.5) is 0 Å². The van der Waals surface area contributed by atoms with E-state index in [0.717, 1.165) is 16.9 Å². The van der Waals surface area contributed by atoms with Gasteiger partial charge in [-0.3, -0.25) is 0 Å². The Morgan fingerprint density at radius 1 is 1.22 bits per heavy atom. The third-order valence-corrected chi connectivity index (χ3v) is 3.64. The van der Waals surface area contributed by atoms with Gasteiger partial charge in [-0.05, 0) is 24.6 Å². The molecule has 23 heavy (non-hydrogen) atoms. The van der Waals surface area contributed by atoms with Crippen LogP contribution in [-0.4, -0.2) is 32.7 Å². The molecule has 0 aliphatic heterocycles. The maximum Gasteiger partial charge on any atom is 0.192 e. The number of allylic oxidation sites excluding steroid dienone is 1. The van der Waals surface area contributed by atoms with Gasteiger partial charge in [0.05, 0.1) is 6.26 Å². The molecule has 4 nitrogen and oxygen atoms in total. The van der Waals surface area contributed by atoms with Crippen molar-refractivity contribution in [1.29, 1.82) is 0 Å². The van der Waals surface area contributed by atoms with Crippen molar-refractivity contribution in [1.82, 2.24) is 0 Å². The zero-order chi connectivity index (χ0) is 16.5. The maximum absolute atomic E-state index is 5.88. The summed E-state index contributed by atoms with van der Waals surface area (Å²) in [5.41, 5.74) is 2.15. The molecule has 2 rings (SSSR count). The molecule has 0 saturated heterocycles. The SMILES string of the molecule is C=COCCOC1=C(c2ccccc2)CC(OC)(OCC)C=C1. The van der Waals surface area contributed by atoms with E-state index in [-0.39, 0.29) is 0 Å². The summed E-state index contributed by atoms with van der Waals surface area (Å²) in [6.45, 7) is 6.97. The lowest BCUT2D eigenvalue weighted by Gasteiger charge is -2.33. The lowest BCUT2D eigenvalue weighted by Crippen LogP contribution is -2.35. The van der Waals surface area contributed by atoms with Crippen molar-refractivity contribution in [3.05, 3.63) is 66.6 Å². The van der Waals surface area contributed by atoms with E-state index in [4.69, 9.17) is 18.9 Å². The van der Waals surface area contributed by atoms with Crippen LogP contribution in [0, 0.1) is 0 Å². The minimum Gasteiger partial charge on any atom is -0.498 e. The van der Waals surface area contributed by atoms with Crippen molar-refractivity contribution < 1.29 is 18.9 Å². The molecule has 1 atom stereocenters. The van der Waals surface area contributed by atoms with Gasteiger partial charge in [0.2, 0.25) is 0 Å². The fourth-order valence-corrected chi connectivity index (χ4v) is 2.54. The number of hydrogen-bond acceptors (Lipinski definition) is 4. The topological polar surface area (TPSA) is 36.9 Å². The van der Waals surface area contributed by atoms with Crippen molar-refractivity contribution in [2.24, 2.45) is 0 Å². The van der Waals surface area contributed by atoms with Crippen molar-refractivity contribution in [3.8, 4) is 0 Å². The predicted octanol–water partition coefficient (Wildman–Crippen LogP) is 3.91. The van der Waals surface area contributed by atoms with E-state index in [1.807, 2.05) is 37.3 Å². The van der Waals surface area contributed by atoms with Crippen molar-refractivity contribution >= 4 is 5.57 Å². The fourth-order valence-electron chi connectivity index (χ4n) is 2.54. The van der Waals surface area contributed by atoms with Crippen LogP contribution in [0.3, 0.4) is 0 Å². The lowest BCUT2D eigenvalue weighted by atomic mass is 9.92. The van der Waals surface area contributed by atoms with Crippen LogP contribution < -0.4 is 0 Å². The third-order valence-electron chi connectivity index (χ3n) is 3.64. The Balaban J connectivity index is 2.25. The van der Waals surface area contributed by atoms with Gasteiger partial charge in [0, 0.05) is 25.7 Å². The second-order valence-electron chi connectivity index (χ2n) is 5.05. The third kappa shape index (κ3) is 4.47. The molecule has 0 radical (unpaired) electrons. The first-order valence-electron chi connectivity index (χ1n) is 7.77. The summed E-state index contributed by atoms with van der Waals surface area (Å²) in [6, 6.07) is 10.1. The largest absolute Gasteiger partial charge is 0.498 e. The van der Waals surface area contributed by atoms with Crippen molar-refractivity contribution in [3.63, 3.8) is 0 Å². The molecule has 0 heterocycles. The monoisotopic (exact) mass is 316 g/mol. The van der Waals surface area contributed by atoms with E-state index in [2.05, 4.69) is 18.7 Å². The van der Waals surface area contributed by atoms with E-state index in [0.29, 0.717) is 26.2 Å². The normalized spacial score (nSPS) is 20.4. The molecule has 124 valence electrons. The number of rotatable bonds is 9. The van der Waals surface area contributed by atoms with E-state index in [1.165, 1.54) is 6.26 Å². The highest BCUT2D eigenvalue weighted by atomic mass is 16.7. The van der Waals surface area contributed by atoms with Gasteiger partial charge in [-0.15, -0.1) is 0 Å². The molecule has 0 amide bonds. The molecular formula is C19H24O4. The molecule has 1 aromatic rings. The smallest absolute Gasteiger partial charge is 0.192 e. The first-order valence-corrected chi connectivity index (χ1v) is 7.77. The Labute approximate surface area is 138 Å². The molecule has 0 fully saturated rings. The zero-order valence-electron chi connectivity index (χ0n) is 13.8. The maximum atomic E-state index is 5.88. The molecule has 1 aromatic carbocycles. The van der Waals surface area contributed by atoms with Crippen LogP contribution in [0.1, 0.15) is 18.9 Å². The zero-order valence-corrected chi connectivity index (χ0v) is 13.8. The average Bonchev–Trinajstić information content (AvgIpc) is 2.60. The lowest BCUT2D eigenvalue weighted by molar-refractivity contribution is -0.182. The van der Waals surface area contributed by atoms with Gasteiger partial charge in [-0.25, -0.2) is 0 Å². The Bertz CT molecular complexity index is 562. The van der Waals surface area contributed by atoms with Crippen LogP contribution in [0.5, 0.6) is 0 Å². The van der Waals surface area contributed by atoms with E-state index in [9.17, 15) is 0 Å². The van der Waals surface area contributed by atoms with Crippen molar-refractivity contribution in [2.75, 3.05) is 26.9 Å². The highest BCUT2D eigenvalue weighted by molar-refractivity contribution is 5.71. The van der Waals surface area contributed by atoms with Gasteiger partial charge in [-0.2, -0.15) is 0 Å². The fraction of sp³-hybridized carbons (Fsp3) is 0.368. The molecule has 0 bridgehead atoms. The molecular weight excluding hydrogens is 292 g/mol. The minimum absolute atomic E-state index is 0.455. The number of hydrogen-bond donors (Lipinski definition) is 0. The van der Waals surface area contributed by atoms with Gasteiger partial charge in [-0.1, -0.05) is 36.9 Å². The van der Waals surface area contributed by atoms with Crippen LogP contribution >= 0.6 is 0 Å². The summed E-state index contributed by atoms with van der Waals surface area (Å²) in [6.07, 6.45) is 5.83. The highest BCUT2D eigenvalue weighted by Gasteiger charge is 2.33. The molecule has 1 aliphatic carbocycles. The second-order valence-corrected chi connectivity index (χ2v) is 5.05. The second kappa shape index (κ2) is 8.56. The van der Waals surface area contributed by atoms with Gasteiger partial charge < -0.3 is 18.9 Å². The first kappa shape index (κ1) is 17.3. The Hall–Kier alpha value is -2.04. The van der Waals surface area contributed by atoms with Gasteiger partial charge in [0.15, 0.2) is 5.79 Å². The van der Waals surface area contributed by atoms with Gasteiger partial charge in [0.25, 0.3) is 0 Å². The summed E-state index contributed by atoms with van der Waals surface area (Å²) < 4.78 is 22.4. The van der Waals surface area contributed by atoms with E-state index in [1.54, 1.807) is 7.11 Å². The van der Waals surface area contributed by atoms with E-state index >= 15 is 0 Å². The molecule has 1 unspecified atom stereocenters. The standard InChI is InChI=1S/C19H24O4/c1-4-21-13-14-22-18-11-12-19(20-3,23-5-2)15-17(18)16-9-7-6-8-10-16/h4,6-12H,1,5,13-15H2,2-3H3. The van der Waals surface area contributed by atoms with Crippen LogP contribution in [0.25, 0.3) is 5.57 Å². The number of methoxy groups -OCH3 is 1. The molecule has 4 heteroatoms. The molecule has 1 aliphatic rings. The Morgan fingerprint density at radius 3 is 2.65 bits per heavy atom. The quantitative estimate of drug-likeness (QED) is 0.393. The Kier molecular flexibility index (Phi) is 6.44. The highest BCUT2D eigenvalue weighted by Crippen LogP contribution is 2.36. The van der Waals surface area contributed by atoms with Crippen LogP contribution in [0.2, 0.25) is 0 Å². The first-order chi connectivity index (χ1) is 11.2. The molecule has 0 spiro atoms. The minimum atomic E-state index is -0.746. The predicted molar refractivity (Wildman–Crippen MR) is 90.6 cm³/mol. The summed E-state index contributed by atoms with van der Waals surface area (Å²) in [5, 5.41) is 0. The number of ether oxygens (including phenoxy) is 4. The van der Waals surface area contributed by atoms with Crippen LogP contribution in [-0.2, 0) is 18.9 Å². The van der Waals surface area contributed by atoms with E-state index < -0.39 is 5.79 Å². The average molecular weight is 316 g/mol. The van der Waals surface area contributed by atoms with Gasteiger partial charge in [0.1, 0.15) is 19.0 Å². The van der Waals surface area contributed by atoms with Gasteiger partial charge >= 0.3 is 0 Å². The summed E-state index contributed by atoms with van der Waals surface area (Å²) >= 11 is 0. The molecule has 0 aromatic heterocycles. The van der Waals surface area contributed by atoms with Crippen LogP contribution in [0.15, 0.2) is 61.1 Å². The summed E-state index contributed by atoms with van der Waals surface area (Å²) in [7, 11) is 1.66.